The Morgan fingerprint density at radius 3 is 2.84 bits per heavy atom. The molecule has 3 aromatic rings. The molecule has 0 radical (unpaired) electrons. The van der Waals surface area contributed by atoms with E-state index in [1.54, 1.807) is 22.8 Å². The molecule has 0 unspecified atom stereocenters. The summed E-state index contributed by atoms with van der Waals surface area (Å²) in [6, 6.07) is 10.0. The van der Waals surface area contributed by atoms with Crippen LogP contribution in [0.3, 0.4) is 0 Å². The molecule has 2 aromatic carbocycles. The van der Waals surface area contributed by atoms with E-state index in [2.05, 4.69) is 15.5 Å². The number of carbonyl (C=O) groups excluding carboxylic acids is 1. The van der Waals surface area contributed by atoms with Gasteiger partial charge in [0, 0.05) is 11.1 Å². The highest BCUT2D eigenvalue weighted by Gasteiger charge is 2.12. The van der Waals surface area contributed by atoms with Crippen molar-refractivity contribution in [2.45, 2.75) is 5.16 Å². The van der Waals surface area contributed by atoms with Crippen LogP contribution < -0.4 is 5.32 Å². The predicted octanol–water partition coefficient (Wildman–Crippen LogP) is 3.93. The molecule has 0 saturated heterocycles. The lowest BCUT2D eigenvalue weighted by Crippen LogP contribution is -2.15. The summed E-state index contributed by atoms with van der Waals surface area (Å²) in [7, 11) is 0. The van der Waals surface area contributed by atoms with Gasteiger partial charge in [0.25, 0.3) is 0 Å². The Bertz CT molecular complexity index is 919. The van der Waals surface area contributed by atoms with E-state index in [-0.39, 0.29) is 11.4 Å². The van der Waals surface area contributed by atoms with Gasteiger partial charge in [-0.3, -0.25) is 9.36 Å². The van der Waals surface area contributed by atoms with Gasteiger partial charge in [-0.1, -0.05) is 29.4 Å². The maximum absolute atomic E-state index is 13.5. The number of aromatic nitrogens is 3. The number of hydrogen-bond acceptors (Lipinski definition) is 4. The van der Waals surface area contributed by atoms with Crippen LogP contribution in [-0.2, 0) is 4.79 Å². The van der Waals surface area contributed by atoms with E-state index in [1.165, 1.54) is 12.4 Å². The molecule has 0 aliphatic rings. The Kier molecular flexibility index (Phi) is 5.30. The standard InChI is InChI=1S/C16H11ClF2N4OS/c17-10-2-1-3-12(6-10)23-9-20-22-16(23)25-8-15(24)21-14-5-4-11(18)7-13(14)19/h1-7,9H,8H2,(H,21,24). The van der Waals surface area contributed by atoms with Crippen molar-refractivity contribution >= 4 is 35.0 Å². The molecule has 5 nitrogen and oxygen atoms in total. The van der Waals surface area contributed by atoms with E-state index < -0.39 is 17.5 Å². The van der Waals surface area contributed by atoms with Gasteiger partial charge in [0.2, 0.25) is 5.91 Å². The van der Waals surface area contributed by atoms with Crippen LogP contribution in [0, 0.1) is 11.6 Å². The van der Waals surface area contributed by atoms with E-state index in [1.807, 2.05) is 6.07 Å². The summed E-state index contributed by atoms with van der Waals surface area (Å²) < 4.78 is 28.1. The van der Waals surface area contributed by atoms with Gasteiger partial charge in [-0.05, 0) is 30.3 Å². The summed E-state index contributed by atoms with van der Waals surface area (Å²) >= 11 is 7.10. The first-order valence-electron chi connectivity index (χ1n) is 7.06. The van der Waals surface area contributed by atoms with E-state index >= 15 is 0 Å². The van der Waals surface area contributed by atoms with Crippen LogP contribution in [0.1, 0.15) is 0 Å². The molecule has 3 rings (SSSR count). The highest BCUT2D eigenvalue weighted by molar-refractivity contribution is 7.99. The topological polar surface area (TPSA) is 59.8 Å². The summed E-state index contributed by atoms with van der Waals surface area (Å²) in [5, 5.41) is 11.2. The number of nitrogens with zero attached hydrogens (tertiary/aromatic N) is 3. The minimum atomic E-state index is -0.833. The molecule has 0 spiro atoms. The fourth-order valence-corrected chi connectivity index (χ4v) is 2.95. The van der Waals surface area contributed by atoms with Crippen LogP contribution in [0.2, 0.25) is 5.02 Å². The molecule has 1 amide bonds. The average molecular weight is 381 g/mol. The van der Waals surface area contributed by atoms with Crippen LogP contribution in [0.5, 0.6) is 0 Å². The first kappa shape index (κ1) is 17.4. The average Bonchev–Trinajstić information content (AvgIpc) is 3.04. The monoisotopic (exact) mass is 380 g/mol. The number of hydrogen-bond donors (Lipinski definition) is 1. The Balaban J connectivity index is 1.66. The number of amides is 1. The third-order valence-corrected chi connectivity index (χ3v) is 4.32. The SMILES string of the molecule is O=C(CSc1nncn1-c1cccc(Cl)c1)Nc1ccc(F)cc1F. The lowest BCUT2D eigenvalue weighted by Gasteiger charge is -2.08. The number of thioether (sulfide) groups is 1. The van der Waals surface area contributed by atoms with Gasteiger partial charge >= 0.3 is 0 Å². The summed E-state index contributed by atoms with van der Waals surface area (Å²) in [5.41, 5.74) is 0.674. The summed E-state index contributed by atoms with van der Waals surface area (Å²) in [6.45, 7) is 0. The van der Waals surface area contributed by atoms with Crippen molar-refractivity contribution < 1.29 is 13.6 Å². The largest absolute Gasteiger partial charge is 0.323 e. The molecular weight excluding hydrogens is 370 g/mol. The van der Waals surface area contributed by atoms with E-state index in [9.17, 15) is 13.6 Å². The first-order chi connectivity index (χ1) is 12.0. The molecule has 9 heteroatoms. The molecule has 1 N–H and O–H groups in total. The zero-order valence-electron chi connectivity index (χ0n) is 12.6. The minimum Gasteiger partial charge on any atom is -0.323 e. The number of nitrogens with one attached hydrogen (secondary N) is 1. The van der Waals surface area contributed by atoms with Gasteiger partial charge in [-0.15, -0.1) is 10.2 Å². The van der Waals surface area contributed by atoms with Gasteiger partial charge in [0.05, 0.1) is 17.1 Å². The van der Waals surface area contributed by atoms with Crippen molar-refractivity contribution in [3.05, 3.63) is 65.4 Å². The minimum absolute atomic E-state index is 0.0178. The quantitative estimate of drug-likeness (QED) is 0.681. The zero-order valence-corrected chi connectivity index (χ0v) is 14.2. The zero-order chi connectivity index (χ0) is 17.8. The Labute approximate surface area is 151 Å². The van der Waals surface area contributed by atoms with Crippen LogP contribution in [0.15, 0.2) is 53.9 Å². The molecule has 0 fully saturated rings. The number of benzene rings is 2. The van der Waals surface area contributed by atoms with Crippen molar-refractivity contribution in [2.75, 3.05) is 11.1 Å². The lowest BCUT2D eigenvalue weighted by molar-refractivity contribution is -0.113. The van der Waals surface area contributed by atoms with Gasteiger partial charge < -0.3 is 5.32 Å². The smallest absolute Gasteiger partial charge is 0.234 e. The molecule has 128 valence electrons. The van der Waals surface area contributed by atoms with Crippen LogP contribution in [0.25, 0.3) is 5.69 Å². The van der Waals surface area contributed by atoms with Crippen molar-refractivity contribution in [3.63, 3.8) is 0 Å². The van der Waals surface area contributed by atoms with Gasteiger partial charge in [0.1, 0.15) is 18.0 Å². The normalized spacial score (nSPS) is 10.7. The summed E-state index contributed by atoms with van der Waals surface area (Å²) in [5.74, 6) is -2.01. The van der Waals surface area contributed by atoms with Crippen LogP contribution >= 0.6 is 23.4 Å². The second kappa shape index (κ2) is 7.62. The predicted molar refractivity (Wildman–Crippen MR) is 92.1 cm³/mol. The second-order valence-corrected chi connectivity index (χ2v) is 6.30. The van der Waals surface area contributed by atoms with Crippen molar-refractivity contribution in [1.29, 1.82) is 0 Å². The third kappa shape index (κ3) is 4.34. The highest BCUT2D eigenvalue weighted by Crippen LogP contribution is 2.22. The van der Waals surface area contributed by atoms with Gasteiger partial charge in [-0.2, -0.15) is 0 Å². The van der Waals surface area contributed by atoms with E-state index in [0.29, 0.717) is 16.2 Å². The Hall–Kier alpha value is -2.45. The maximum atomic E-state index is 13.5. The van der Waals surface area contributed by atoms with Crippen molar-refractivity contribution in [3.8, 4) is 5.69 Å². The van der Waals surface area contributed by atoms with Crippen molar-refractivity contribution in [2.24, 2.45) is 0 Å². The fraction of sp³-hybridized carbons (Fsp3) is 0.0625. The van der Waals surface area contributed by atoms with E-state index in [0.717, 1.165) is 23.5 Å². The van der Waals surface area contributed by atoms with E-state index in [4.69, 9.17) is 11.6 Å². The molecule has 0 saturated carbocycles. The summed E-state index contributed by atoms with van der Waals surface area (Å²) in [6.07, 6.45) is 1.51. The Morgan fingerprint density at radius 2 is 2.08 bits per heavy atom. The van der Waals surface area contributed by atoms with Gasteiger partial charge in [-0.25, -0.2) is 8.78 Å². The fourth-order valence-electron chi connectivity index (χ4n) is 2.03. The van der Waals surface area contributed by atoms with Crippen LogP contribution in [0.4, 0.5) is 14.5 Å². The molecule has 0 bridgehead atoms. The molecule has 1 aromatic heterocycles. The summed E-state index contributed by atoms with van der Waals surface area (Å²) in [4.78, 5) is 12.0. The maximum Gasteiger partial charge on any atom is 0.234 e. The third-order valence-electron chi connectivity index (χ3n) is 3.14. The number of carbonyl (C=O) groups is 1. The molecule has 0 atom stereocenters. The molecular formula is C16H11ClF2N4OS. The highest BCUT2D eigenvalue weighted by atomic mass is 35.5. The molecule has 1 heterocycles. The number of halogens is 3. The molecule has 25 heavy (non-hydrogen) atoms. The second-order valence-electron chi connectivity index (χ2n) is 4.92. The number of rotatable bonds is 5. The van der Waals surface area contributed by atoms with Gasteiger partial charge in [0.15, 0.2) is 5.16 Å². The Morgan fingerprint density at radius 1 is 1.24 bits per heavy atom. The van der Waals surface area contributed by atoms with Crippen LogP contribution in [-0.4, -0.2) is 26.4 Å². The number of anilines is 1. The molecule has 0 aliphatic heterocycles. The first-order valence-corrected chi connectivity index (χ1v) is 8.43. The van der Waals surface area contributed by atoms with Crippen molar-refractivity contribution in [1.82, 2.24) is 14.8 Å². The lowest BCUT2D eigenvalue weighted by atomic mass is 10.3. The molecule has 0 aliphatic carbocycles.